The third kappa shape index (κ3) is 4.55. The Labute approximate surface area is 122 Å². The number of aryl methyl sites for hydroxylation is 1. The predicted octanol–water partition coefficient (Wildman–Crippen LogP) is 0.880. The molecule has 0 aliphatic carbocycles. The van der Waals surface area contributed by atoms with Crippen LogP contribution in [-0.4, -0.2) is 42.1 Å². The normalized spacial score (nSPS) is 12.1. The average Bonchev–Trinajstić information content (AvgIpc) is 3.08. The highest BCUT2D eigenvalue weighted by Crippen LogP contribution is 2.02. The monoisotopic (exact) mass is 292 g/mol. The van der Waals surface area contributed by atoms with Gasteiger partial charge >= 0.3 is 6.03 Å². The molecule has 0 radical (unpaired) electrons. The minimum Gasteiger partial charge on any atom is -0.333 e. The van der Waals surface area contributed by atoms with Crippen molar-refractivity contribution in [2.24, 2.45) is 0 Å². The van der Waals surface area contributed by atoms with Crippen LogP contribution in [0.1, 0.15) is 26.7 Å². The van der Waals surface area contributed by atoms with Crippen molar-refractivity contribution in [1.29, 1.82) is 0 Å². The number of hydrogen-bond donors (Lipinski definition) is 2. The molecule has 0 bridgehead atoms. The Morgan fingerprint density at radius 1 is 1.48 bits per heavy atom. The van der Waals surface area contributed by atoms with Crippen molar-refractivity contribution in [3.05, 3.63) is 18.5 Å². The molecule has 21 heavy (non-hydrogen) atoms. The van der Waals surface area contributed by atoms with Gasteiger partial charge in [-0.15, -0.1) is 0 Å². The SMILES string of the molecule is CCCCn1nnnc1NC(=O)N[C@H](C)Cn1cccn1. The summed E-state index contributed by atoms with van der Waals surface area (Å²) in [5.41, 5.74) is 0. The summed E-state index contributed by atoms with van der Waals surface area (Å²) in [5, 5.41) is 20.8. The number of aromatic nitrogens is 6. The Hall–Kier alpha value is -2.45. The van der Waals surface area contributed by atoms with Gasteiger partial charge in [0.05, 0.1) is 6.54 Å². The van der Waals surface area contributed by atoms with Gasteiger partial charge in [0.2, 0.25) is 0 Å². The standard InChI is InChI=1S/C12H20N8O/c1-3-4-8-20-11(16-17-18-20)15-12(21)14-10(2)9-19-7-5-6-13-19/h5-7,10H,3-4,8-9H2,1-2H3,(H2,14,15,16,18,21)/t10-/m1/s1. The van der Waals surface area contributed by atoms with Gasteiger partial charge in [-0.25, -0.2) is 9.48 Å². The van der Waals surface area contributed by atoms with E-state index in [4.69, 9.17) is 0 Å². The molecule has 0 aromatic carbocycles. The van der Waals surface area contributed by atoms with E-state index in [9.17, 15) is 4.79 Å². The van der Waals surface area contributed by atoms with E-state index in [1.165, 1.54) is 0 Å². The molecule has 0 aliphatic heterocycles. The molecule has 9 heteroatoms. The van der Waals surface area contributed by atoms with Crippen LogP contribution in [0.5, 0.6) is 0 Å². The number of carbonyl (C=O) groups is 1. The van der Waals surface area contributed by atoms with Gasteiger partial charge in [0.1, 0.15) is 0 Å². The van der Waals surface area contributed by atoms with Crippen molar-refractivity contribution >= 4 is 12.0 Å². The topological polar surface area (TPSA) is 103 Å². The summed E-state index contributed by atoms with van der Waals surface area (Å²) >= 11 is 0. The second-order valence-electron chi connectivity index (χ2n) is 4.81. The van der Waals surface area contributed by atoms with E-state index in [2.05, 4.69) is 38.2 Å². The van der Waals surface area contributed by atoms with Crippen molar-refractivity contribution in [3.8, 4) is 0 Å². The Bertz CT molecular complexity index is 549. The van der Waals surface area contributed by atoms with Crippen LogP contribution >= 0.6 is 0 Å². The molecule has 9 nitrogen and oxygen atoms in total. The second-order valence-corrected chi connectivity index (χ2v) is 4.81. The number of anilines is 1. The summed E-state index contributed by atoms with van der Waals surface area (Å²) in [6.45, 7) is 5.27. The molecule has 2 aromatic heterocycles. The number of amides is 2. The zero-order valence-corrected chi connectivity index (χ0v) is 12.2. The quantitative estimate of drug-likeness (QED) is 0.788. The highest BCUT2D eigenvalue weighted by atomic mass is 16.2. The molecule has 0 spiro atoms. The predicted molar refractivity (Wildman–Crippen MR) is 76.6 cm³/mol. The molecule has 0 saturated carbocycles. The number of tetrazole rings is 1. The molecule has 2 amide bonds. The summed E-state index contributed by atoms with van der Waals surface area (Å²) in [7, 11) is 0. The second kappa shape index (κ2) is 7.36. The number of unbranched alkanes of at least 4 members (excludes halogenated alkanes) is 1. The minimum atomic E-state index is -0.331. The molecule has 0 fully saturated rings. The zero-order chi connectivity index (χ0) is 15.1. The number of nitrogens with zero attached hydrogens (tertiary/aromatic N) is 6. The van der Waals surface area contributed by atoms with Crippen molar-refractivity contribution in [2.45, 2.75) is 45.8 Å². The van der Waals surface area contributed by atoms with E-state index >= 15 is 0 Å². The van der Waals surface area contributed by atoms with Crippen LogP contribution in [0.25, 0.3) is 0 Å². The van der Waals surface area contributed by atoms with Gasteiger partial charge in [-0.2, -0.15) is 5.10 Å². The molecule has 1 atom stereocenters. The van der Waals surface area contributed by atoms with Crippen LogP contribution in [0.3, 0.4) is 0 Å². The van der Waals surface area contributed by atoms with Gasteiger partial charge in [0, 0.05) is 25.0 Å². The molecule has 114 valence electrons. The third-order valence-electron chi connectivity index (χ3n) is 2.88. The molecular formula is C12H20N8O. The van der Waals surface area contributed by atoms with Crippen LogP contribution in [-0.2, 0) is 13.1 Å². The minimum absolute atomic E-state index is 0.0649. The van der Waals surface area contributed by atoms with Gasteiger partial charge in [0.15, 0.2) is 0 Å². The first-order chi connectivity index (χ1) is 10.2. The number of carbonyl (C=O) groups excluding carboxylic acids is 1. The van der Waals surface area contributed by atoms with Gasteiger partial charge in [-0.3, -0.25) is 10.00 Å². The van der Waals surface area contributed by atoms with Crippen LogP contribution in [0.15, 0.2) is 18.5 Å². The number of nitrogens with one attached hydrogen (secondary N) is 2. The first-order valence-corrected chi connectivity index (χ1v) is 7.00. The van der Waals surface area contributed by atoms with E-state index in [0.29, 0.717) is 19.0 Å². The van der Waals surface area contributed by atoms with Crippen molar-refractivity contribution in [3.63, 3.8) is 0 Å². The Morgan fingerprint density at radius 2 is 2.33 bits per heavy atom. The third-order valence-corrected chi connectivity index (χ3v) is 2.88. The number of rotatable bonds is 7. The number of hydrogen-bond acceptors (Lipinski definition) is 5. The van der Waals surface area contributed by atoms with Gasteiger partial charge in [-0.1, -0.05) is 18.4 Å². The van der Waals surface area contributed by atoms with Crippen LogP contribution in [0.4, 0.5) is 10.7 Å². The van der Waals surface area contributed by atoms with E-state index in [1.807, 2.05) is 19.2 Å². The summed E-state index contributed by atoms with van der Waals surface area (Å²) in [4.78, 5) is 11.9. The lowest BCUT2D eigenvalue weighted by molar-refractivity contribution is 0.247. The summed E-state index contributed by atoms with van der Waals surface area (Å²) in [6.07, 6.45) is 5.54. The first-order valence-electron chi connectivity index (χ1n) is 7.00. The maximum absolute atomic E-state index is 11.9. The Balaban J connectivity index is 1.82. The molecule has 2 heterocycles. The first kappa shape index (κ1) is 14.9. The highest BCUT2D eigenvalue weighted by molar-refractivity contribution is 5.87. The van der Waals surface area contributed by atoms with Crippen molar-refractivity contribution in [1.82, 2.24) is 35.3 Å². The fraction of sp³-hybridized carbons (Fsp3) is 0.583. The van der Waals surface area contributed by atoms with Crippen LogP contribution in [0.2, 0.25) is 0 Å². The van der Waals surface area contributed by atoms with E-state index in [0.717, 1.165) is 12.8 Å². The Morgan fingerprint density at radius 3 is 3.05 bits per heavy atom. The maximum Gasteiger partial charge on any atom is 0.321 e. The molecule has 0 unspecified atom stereocenters. The summed E-state index contributed by atoms with van der Waals surface area (Å²) in [5.74, 6) is 0.354. The highest BCUT2D eigenvalue weighted by Gasteiger charge is 2.12. The van der Waals surface area contributed by atoms with Gasteiger partial charge in [0.25, 0.3) is 5.95 Å². The van der Waals surface area contributed by atoms with Gasteiger partial charge < -0.3 is 5.32 Å². The number of urea groups is 1. The smallest absolute Gasteiger partial charge is 0.321 e. The fourth-order valence-corrected chi connectivity index (χ4v) is 1.85. The van der Waals surface area contributed by atoms with E-state index < -0.39 is 0 Å². The molecule has 0 saturated heterocycles. The Kier molecular flexibility index (Phi) is 5.24. The van der Waals surface area contributed by atoms with Crippen LogP contribution < -0.4 is 10.6 Å². The summed E-state index contributed by atoms with van der Waals surface area (Å²) in [6, 6.07) is 1.45. The fourth-order valence-electron chi connectivity index (χ4n) is 1.85. The zero-order valence-electron chi connectivity index (χ0n) is 12.2. The molecule has 2 N–H and O–H groups in total. The average molecular weight is 292 g/mol. The van der Waals surface area contributed by atoms with E-state index in [-0.39, 0.29) is 12.1 Å². The van der Waals surface area contributed by atoms with Gasteiger partial charge in [-0.05, 0) is 29.8 Å². The van der Waals surface area contributed by atoms with Crippen LogP contribution in [0, 0.1) is 0 Å². The lowest BCUT2D eigenvalue weighted by atomic mass is 10.3. The van der Waals surface area contributed by atoms with E-state index in [1.54, 1.807) is 15.6 Å². The molecule has 2 aromatic rings. The lowest BCUT2D eigenvalue weighted by Crippen LogP contribution is -2.39. The van der Waals surface area contributed by atoms with Crippen molar-refractivity contribution < 1.29 is 4.79 Å². The largest absolute Gasteiger partial charge is 0.333 e. The lowest BCUT2D eigenvalue weighted by Gasteiger charge is -2.14. The maximum atomic E-state index is 11.9. The molecule has 2 rings (SSSR count). The molecule has 0 aliphatic rings. The summed E-state index contributed by atoms with van der Waals surface area (Å²) < 4.78 is 3.34. The van der Waals surface area contributed by atoms with Crippen molar-refractivity contribution in [2.75, 3.05) is 5.32 Å². The molecular weight excluding hydrogens is 272 g/mol.